The molecule has 0 aromatic carbocycles. The van der Waals surface area contributed by atoms with Crippen LogP contribution >= 0.6 is 0 Å². The van der Waals surface area contributed by atoms with Crippen LogP contribution in [0.15, 0.2) is 0 Å². The average molecular weight is 98.2 g/mol. The van der Waals surface area contributed by atoms with E-state index >= 15 is 0 Å². The molecule has 0 unspecified atom stereocenters. The Hall–Kier alpha value is -0.0400. The van der Waals surface area contributed by atoms with Gasteiger partial charge >= 0.3 is 0 Å². The summed E-state index contributed by atoms with van der Waals surface area (Å²) in [6.45, 7) is 2.53. The summed E-state index contributed by atoms with van der Waals surface area (Å²) in [7, 11) is 2.17. The summed E-state index contributed by atoms with van der Waals surface area (Å²) < 4.78 is 0. The van der Waals surface area contributed by atoms with E-state index < -0.39 is 0 Å². The van der Waals surface area contributed by atoms with Gasteiger partial charge in [-0.2, -0.15) is 4.90 Å². The monoisotopic (exact) mass is 98.1 g/mol. The van der Waals surface area contributed by atoms with Crippen molar-refractivity contribution < 1.29 is 0 Å². The van der Waals surface area contributed by atoms with Gasteiger partial charge in [0.15, 0.2) is 0 Å². The third-order valence-electron chi connectivity index (χ3n) is 1.43. The van der Waals surface area contributed by atoms with Crippen molar-refractivity contribution in [2.24, 2.45) is 0 Å². The van der Waals surface area contributed by atoms with Crippen LogP contribution in [-0.4, -0.2) is 20.1 Å². The zero-order valence-corrected chi connectivity index (χ0v) is 4.85. The fraction of sp³-hybridized carbons (Fsp3) is 0.833. The number of hydrogen-bond acceptors (Lipinski definition) is 1. The number of likely N-dealkylation sites (tertiary alicyclic amines) is 1. The molecule has 0 aromatic heterocycles. The minimum Gasteiger partial charge on any atom is -0.173 e. The zero-order valence-electron chi connectivity index (χ0n) is 4.85. The van der Waals surface area contributed by atoms with Crippen molar-refractivity contribution in [3.05, 3.63) is 6.42 Å². The second-order valence-electron chi connectivity index (χ2n) is 2.17. The molecule has 1 heteroatoms. The Morgan fingerprint density at radius 1 is 1.29 bits per heavy atom. The standard InChI is InChI=1S/C6H12N/c1-7-5-3-2-4-6-7/h2H,3-6H2,1H3/q+1. The summed E-state index contributed by atoms with van der Waals surface area (Å²) in [5.41, 5.74) is 0. The van der Waals surface area contributed by atoms with Gasteiger partial charge in [0.05, 0.1) is 0 Å². The Labute approximate surface area is 45.3 Å². The molecule has 1 saturated heterocycles. The highest BCUT2D eigenvalue weighted by Crippen LogP contribution is 2.01. The number of hydrogen-bond donors (Lipinski definition) is 0. The van der Waals surface area contributed by atoms with Gasteiger partial charge in [-0.15, -0.1) is 0 Å². The molecule has 1 aliphatic rings. The van der Waals surface area contributed by atoms with Crippen LogP contribution in [0, 0.1) is 6.42 Å². The quantitative estimate of drug-likeness (QED) is 0.394. The van der Waals surface area contributed by atoms with Crippen LogP contribution in [0.4, 0.5) is 0 Å². The molecule has 1 rings (SSSR count). The van der Waals surface area contributed by atoms with Crippen molar-refractivity contribution in [1.29, 1.82) is 0 Å². The summed E-state index contributed by atoms with van der Waals surface area (Å²) in [5, 5.41) is 0. The van der Waals surface area contributed by atoms with Gasteiger partial charge in [0.25, 0.3) is 0 Å². The lowest BCUT2D eigenvalue weighted by atomic mass is 10.1. The molecule has 2 radical (unpaired) electrons. The number of piperidine rings is 1. The third kappa shape index (κ3) is 1.48. The van der Waals surface area contributed by atoms with Gasteiger partial charge < -0.3 is 0 Å². The highest BCUT2D eigenvalue weighted by Gasteiger charge is 2.11. The summed E-state index contributed by atoms with van der Waals surface area (Å²) in [5.74, 6) is 0. The molecule has 1 nitrogen and oxygen atoms in total. The zero-order chi connectivity index (χ0) is 5.11. The van der Waals surface area contributed by atoms with Crippen molar-refractivity contribution in [1.82, 2.24) is 4.90 Å². The number of rotatable bonds is 0. The lowest BCUT2D eigenvalue weighted by Gasteiger charge is -2.10. The van der Waals surface area contributed by atoms with Crippen molar-refractivity contribution in [2.45, 2.75) is 12.8 Å². The molecule has 0 spiro atoms. The minimum atomic E-state index is 1.26. The van der Waals surface area contributed by atoms with E-state index in [1.165, 1.54) is 25.9 Å². The topological polar surface area (TPSA) is 5.90 Å². The van der Waals surface area contributed by atoms with Crippen LogP contribution < -0.4 is 4.90 Å². The lowest BCUT2D eigenvalue weighted by molar-refractivity contribution is 0.437. The molecule has 0 aliphatic carbocycles. The maximum absolute atomic E-state index is 2.36. The van der Waals surface area contributed by atoms with Crippen LogP contribution in [0.5, 0.6) is 0 Å². The Bertz CT molecular complexity index is 46.1. The van der Waals surface area contributed by atoms with Crippen LogP contribution in [0.3, 0.4) is 0 Å². The smallest absolute Gasteiger partial charge is 0.122 e. The highest BCUT2D eigenvalue weighted by molar-refractivity contribution is 4.76. The van der Waals surface area contributed by atoms with E-state index in [1.54, 1.807) is 0 Å². The second-order valence-corrected chi connectivity index (χ2v) is 2.17. The van der Waals surface area contributed by atoms with Gasteiger partial charge in [-0.25, -0.2) is 0 Å². The van der Waals surface area contributed by atoms with Crippen molar-refractivity contribution in [3.63, 3.8) is 0 Å². The molecule has 0 N–H and O–H groups in total. The predicted octanol–water partition coefficient (Wildman–Crippen LogP) is 0.754. The molecule has 0 amide bonds. The molecular formula is C6H12N+. The largest absolute Gasteiger partial charge is 0.173 e. The summed E-state index contributed by atoms with van der Waals surface area (Å²) in [6, 6.07) is 0. The van der Waals surface area contributed by atoms with E-state index in [-0.39, 0.29) is 0 Å². The van der Waals surface area contributed by atoms with E-state index in [0.717, 1.165) is 0 Å². The normalized spacial score (nSPS) is 25.3. The van der Waals surface area contributed by atoms with Crippen molar-refractivity contribution in [2.75, 3.05) is 20.1 Å². The molecule has 0 atom stereocenters. The van der Waals surface area contributed by atoms with Crippen molar-refractivity contribution >= 4 is 0 Å². The first-order chi connectivity index (χ1) is 3.39. The Kier molecular flexibility index (Phi) is 1.69. The van der Waals surface area contributed by atoms with Gasteiger partial charge in [-0.05, 0) is 6.42 Å². The van der Waals surface area contributed by atoms with E-state index in [1.807, 2.05) is 0 Å². The second kappa shape index (κ2) is 2.31. The lowest BCUT2D eigenvalue weighted by Crippen LogP contribution is -2.30. The van der Waals surface area contributed by atoms with E-state index in [2.05, 4.69) is 18.4 Å². The first-order valence-electron chi connectivity index (χ1n) is 2.90. The highest BCUT2D eigenvalue weighted by atomic mass is 15.1. The first-order valence-corrected chi connectivity index (χ1v) is 2.90. The number of nitrogens with zero attached hydrogens (tertiary/aromatic N) is 1. The van der Waals surface area contributed by atoms with Gasteiger partial charge in [-0.1, -0.05) is 0 Å². The Morgan fingerprint density at radius 3 is 2.14 bits per heavy atom. The fourth-order valence-electron chi connectivity index (χ4n) is 0.879. The van der Waals surface area contributed by atoms with Gasteiger partial charge in [0, 0.05) is 12.8 Å². The molecule has 0 aromatic rings. The molecule has 1 fully saturated rings. The van der Waals surface area contributed by atoms with E-state index in [0.29, 0.717) is 0 Å². The molecule has 7 heavy (non-hydrogen) atoms. The molecule has 40 valence electrons. The molecule has 0 bridgehead atoms. The molecule has 0 saturated carbocycles. The maximum Gasteiger partial charge on any atom is 0.122 e. The van der Waals surface area contributed by atoms with Crippen LogP contribution in [0.25, 0.3) is 0 Å². The Morgan fingerprint density at radius 2 is 1.86 bits per heavy atom. The third-order valence-corrected chi connectivity index (χ3v) is 1.43. The molecule has 1 aliphatic heterocycles. The summed E-state index contributed by atoms with van der Waals surface area (Å²) >= 11 is 0. The van der Waals surface area contributed by atoms with Crippen LogP contribution in [0.1, 0.15) is 12.8 Å². The fourth-order valence-corrected chi connectivity index (χ4v) is 0.879. The van der Waals surface area contributed by atoms with Crippen LogP contribution in [0.2, 0.25) is 0 Å². The van der Waals surface area contributed by atoms with Gasteiger partial charge in [0.1, 0.15) is 20.1 Å². The Balaban J connectivity index is 2.12. The minimum absolute atomic E-state index is 1.26. The average Bonchev–Trinajstić information content (AvgIpc) is 1.69. The predicted molar refractivity (Wildman–Crippen MR) is 31.3 cm³/mol. The van der Waals surface area contributed by atoms with Crippen molar-refractivity contribution in [3.8, 4) is 0 Å². The van der Waals surface area contributed by atoms with Gasteiger partial charge in [-0.3, -0.25) is 0 Å². The van der Waals surface area contributed by atoms with Crippen LogP contribution in [-0.2, 0) is 0 Å². The molecular weight excluding hydrogens is 86.1 g/mol. The van der Waals surface area contributed by atoms with Gasteiger partial charge in [0.2, 0.25) is 0 Å². The first kappa shape index (κ1) is 5.10. The van der Waals surface area contributed by atoms with E-state index in [9.17, 15) is 0 Å². The van der Waals surface area contributed by atoms with E-state index in [4.69, 9.17) is 0 Å². The SMILES string of the molecule is C[N+]1CC[CH]CC1. The maximum atomic E-state index is 2.36. The summed E-state index contributed by atoms with van der Waals surface area (Å²) in [6.07, 6.45) is 4.94. The summed E-state index contributed by atoms with van der Waals surface area (Å²) in [4.78, 5) is 2.36. The molecule has 1 heterocycles.